The molecule has 0 spiro atoms. The third-order valence-electron chi connectivity index (χ3n) is 2.69. The van der Waals surface area contributed by atoms with Crippen LogP contribution in [0.4, 0.5) is 0 Å². The number of phenols is 1. The van der Waals surface area contributed by atoms with Crippen molar-refractivity contribution in [3.05, 3.63) is 31.4 Å². The molecule has 7 heteroatoms. The molecule has 0 saturated heterocycles. The molecule has 1 aromatic heterocycles. The number of carbonyl (C=O) groups is 1. The first-order valence-electron chi connectivity index (χ1n) is 6.05. The maximum atomic E-state index is 11.8. The van der Waals surface area contributed by atoms with E-state index in [0.717, 1.165) is 10.1 Å². The van der Waals surface area contributed by atoms with Gasteiger partial charge in [0, 0.05) is 0 Å². The number of hydrogen-bond donors (Lipinski definition) is 1. The topological polar surface area (TPSA) is 83.2 Å². The van der Waals surface area contributed by atoms with Crippen molar-refractivity contribution in [2.24, 2.45) is 0 Å². The molecule has 108 valence electrons. The van der Waals surface area contributed by atoms with Crippen LogP contribution in [0.5, 0.6) is 5.75 Å². The molecular weight excluding hydrogens is 450 g/mol. The van der Waals surface area contributed by atoms with Crippen molar-refractivity contribution in [3.8, 4) is 22.0 Å². The first kappa shape index (κ1) is 16.0. The maximum absolute atomic E-state index is 11.8. The van der Waals surface area contributed by atoms with E-state index in [4.69, 9.17) is 10.00 Å². The average molecular weight is 461 g/mol. The monoisotopic (exact) mass is 462 g/mol. The Morgan fingerprint density at radius 2 is 2.29 bits per heavy atom. The Hall–Kier alpha value is -1.36. The summed E-state index contributed by atoms with van der Waals surface area (Å²) in [7, 11) is 0. The Morgan fingerprint density at radius 1 is 1.57 bits per heavy atom. The molecule has 2 aromatic rings. The van der Waals surface area contributed by atoms with E-state index in [-0.39, 0.29) is 31.8 Å². The molecule has 0 aliphatic rings. The number of aromatic hydroxyl groups is 1. The number of ether oxygens (including phenoxy) is 1. The molecule has 5 nitrogen and oxygen atoms in total. The zero-order chi connectivity index (χ0) is 15.6. The number of nitrogens with zero attached hydrogens (tertiary/aromatic N) is 2. The van der Waals surface area contributed by atoms with Crippen molar-refractivity contribution in [3.63, 3.8) is 0 Å². The van der Waals surface area contributed by atoms with Crippen LogP contribution in [-0.4, -0.2) is 37.2 Å². The normalized spacial score (nSPS) is 10.2. The number of nitriles is 1. The van der Waals surface area contributed by atoms with Crippen molar-refractivity contribution in [1.29, 1.82) is 5.26 Å². The first-order chi connectivity index (χ1) is 9.97. The van der Waals surface area contributed by atoms with Gasteiger partial charge in [-0.2, -0.15) is 0 Å². The number of hydrogen-bond acceptors (Lipinski definition) is 5. The molecule has 0 unspecified atom stereocenters. The second kappa shape index (κ2) is 6.60. The van der Waals surface area contributed by atoms with Gasteiger partial charge in [0.05, 0.1) is 0 Å². The van der Waals surface area contributed by atoms with Gasteiger partial charge in [-0.15, -0.1) is 0 Å². The van der Waals surface area contributed by atoms with Gasteiger partial charge < -0.3 is 0 Å². The predicted octanol–water partition coefficient (Wildman–Crippen LogP) is 2.47. The Labute approximate surface area is 141 Å². The van der Waals surface area contributed by atoms with Crippen LogP contribution >= 0.6 is 22.6 Å². The summed E-state index contributed by atoms with van der Waals surface area (Å²) in [4.78, 5) is 16.3. The van der Waals surface area contributed by atoms with Gasteiger partial charge in [-0.3, -0.25) is 0 Å². The fourth-order valence-corrected chi connectivity index (χ4v) is 4.33. The van der Waals surface area contributed by atoms with Crippen LogP contribution in [0.2, 0.25) is 0 Å². The molecule has 0 fully saturated rings. The molecule has 0 radical (unpaired) electrons. The summed E-state index contributed by atoms with van der Waals surface area (Å²) in [6.45, 7) is 3.87. The summed E-state index contributed by atoms with van der Waals surface area (Å²) in [5, 5.41) is 18.8. The molecule has 21 heavy (non-hydrogen) atoms. The predicted molar refractivity (Wildman–Crippen MR) is 86.4 cm³/mol. The standard InChI is InChI=1S/C14H11IN2O3Se/c1-3-20-14(19)12-7(2)17-13(21-12)8-4-9(6-16)11(18)10(15)5-8/h4-5,18H,3H2,1-2H3. The summed E-state index contributed by atoms with van der Waals surface area (Å²) in [6, 6.07) is 5.32. The van der Waals surface area contributed by atoms with E-state index in [1.54, 1.807) is 26.0 Å². The molecule has 0 saturated carbocycles. The molecule has 2 rings (SSSR count). The van der Waals surface area contributed by atoms with Crippen molar-refractivity contribution in [1.82, 2.24) is 4.98 Å². The number of benzene rings is 1. The fraction of sp³-hybridized carbons (Fsp3) is 0.214. The Balaban J connectivity index is 2.49. The average Bonchev–Trinajstić information content (AvgIpc) is 2.84. The minimum absolute atomic E-state index is 0.0248. The number of aromatic nitrogens is 1. The van der Waals surface area contributed by atoms with E-state index in [1.807, 2.05) is 28.7 Å². The van der Waals surface area contributed by atoms with Gasteiger partial charge in [-0.1, -0.05) is 0 Å². The van der Waals surface area contributed by atoms with Gasteiger partial charge >= 0.3 is 142 Å². The van der Waals surface area contributed by atoms with Gasteiger partial charge in [0.1, 0.15) is 0 Å². The van der Waals surface area contributed by atoms with Crippen LogP contribution in [0.3, 0.4) is 0 Å². The number of halogens is 1. The van der Waals surface area contributed by atoms with Crippen LogP contribution in [-0.2, 0) is 4.74 Å². The quantitative estimate of drug-likeness (QED) is 0.432. The van der Waals surface area contributed by atoms with Crippen molar-refractivity contribution < 1.29 is 14.6 Å². The third-order valence-corrected chi connectivity index (χ3v) is 6.00. The molecule has 0 bridgehead atoms. The van der Waals surface area contributed by atoms with E-state index in [2.05, 4.69) is 4.98 Å². The van der Waals surface area contributed by atoms with Crippen molar-refractivity contribution in [2.45, 2.75) is 13.8 Å². The van der Waals surface area contributed by atoms with Gasteiger partial charge in [0.2, 0.25) is 0 Å². The number of rotatable bonds is 3. The molecule has 0 amide bonds. The molecule has 0 atom stereocenters. The number of esters is 1. The molecular formula is C14H11IN2O3Se. The SMILES string of the molecule is CCOC(=O)c1[se]c(-c2cc(I)c(O)c(C#N)c2)nc1C. The fourth-order valence-electron chi connectivity index (χ4n) is 1.71. The Morgan fingerprint density at radius 3 is 2.90 bits per heavy atom. The molecule has 1 N–H and O–H groups in total. The van der Waals surface area contributed by atoms with Gasteiger partial charge in [0.15, 0.2) is 0 Å². The zero-order valence-corrected chi connectivity index (χ0v) is 15.2. The van der Waals surface area contributed by atoms with Crippen LogP contribution in [0.25, 0.3) is 10.1 Å². The third kappa shape index (κ3) is 3.28. The summed E-state index contributed by atoms with van der Waals surface area (Å²) in [5.41, 5.74) is 1.62. The van der Waals surface area contributed by atoms with Crippen molar-refractivity contribution >= 4 is 43.1 Å². The van der Waals surface area contributed by atoms with E-state index < -0.39 is 0 Å². The molecule has 1 heterocycles. The summed E-state index contributed by atoms with van der Waals surface area (Å²) in [6.07, 6.45) is 0. The summed E-state index contributed by atoms with van der Waals surface area (Å²) >= 11 is 1.71. The van der Waals surface area contributed by atoms with Crippen LogP contribution in [0, 0.1) is 21.8 Å². The van der Waals surface area contributed by atoms with E-state index >= 15 is 0 Å². The zero-order valence-electron chi connectivity index (χ0n) is 11.3. The molecule has 0 aliphatic heterocycles. The van der Waals surface area contributed by atoms with E-state index in [9.17, 15) is 9.90 Å². The minimum atomic E-state index is -0.331. The van der Waals surface area contributed by atoms with Gasteiger partial charge in [-0.25, -0.2) is 0 Å². The van der Waals surface area contributed by atoms with Gasteiger partial charge in [0.25, 0.3) is 0 Å². The number of carbonyl (C=O) groups excluding carboxylic acids is 1. The summed E-state index contributed by atoms with van der Waals surface area (Å²) in [5.74, 6) is -0.356. The molecule has 1 aromatic carbocycles. The summed E-state index contributed by atoms with van der Waals surface area (Å²) < 4.78 is 6.96. The number of aryl methyl sites for hydroxylation is 1. The Bertz CT molecular complexity index is 749. The second-order valence-electron chi connectivity index (χ2n) is 4.12. The first-order valence-corrected chi connectivity index (χ1v) is 8.84. The van der Waals surface area contributed by atoms with E-state index in [0.29, 0.717) is 20.3 Å². The van der Waals surface area contributed by atoms with Gasteiger partial charge in [-0.05, 0) is 0 Å². The van der Waals surface area contributed by atoms with Crippen LogP contribution < -0.4 is 0 Å². The van der Waals surface area contributed by atoms with Crippen molar-refractivity contribution in [2.75, 3.05) is 6.61 Å². The second-order valence-corrected chi connectivity index (χ2v) is 7.38. The van der Waals surface area contributed by atoms with Crippen LogP contribution in [0.15, 0.2) is 12.1 Å². The number of phenolic OH excluding ortho intramolecular Hbond substituents is 1. The Kier molecular flexibility index (Phi) is 5.04. The molecule has 0 aliphatic carbocycles. The van der Waals surface area contributed by atoms with E-state index in [1.165, 1.54) is 0 Å². The van der Waals surface area contributed by atoms with Crippen LogP contribution in [0.1, 0.15) is 27.4 Å².